The fourth-order valence-electron chi connectivity index (χ4n) is 2.34. The summed E-state index contributed by atoms with van der Waals surface area (Å²) in [7, 11) is -3.03. The lowest BCUT2D eigenvalue weighted by atomic mass is 10.0. The second-order valence-electron chi connectivity index (χ2n) is 5.51. The van der Waals surface area contributed by atoms with Crippen molar-refractivity contribution in [1.29, 1.82) is 0 Å². The molecule has 1 atom stereocenters. The topological polar surface area (TPSA) is 72.5 Å². The number of nitrogens with one attached hydrogen (secondary N) is 1. The van der Waals surface area contributed by atoms with E-state index in [1.807, 2.05) is 25.1 Å². The van der Waals surface area contributed by atoms with E-state index in [2.05, 4.69) is 5.32 Å². The molecule has 1 amide bonds. The van der Waals surface area contributed by atoms with Gasteiger partial charge < -0.3 is 10.1 Å². The summed E-state index contributed by atoms with van der Waals surface area (Å²) in [6.45, 7) is 3.54. The van der Waals surface area contributed by atoms with E-state index in [0.717, 1.165) is 5.56 Å². The number of benzene rings is 1. The molecule has 6 heteroatoms. The summed E-state index contributed by atoms with van der Waals surface area (Å²) in [6.07, 6.45) is 0.450. The van der Waals surface area contributed by atoms with Gasteiger partial charge in [-0.3, -0.25) is 4.79 Å². The van der Waals surface area contributed by atoms with Gasteiger partial charge in [-0.05, 0) is 31.9 Å². The van der Waals surface area contributed by atoms with Crippen molar-refractivity contribution in [1.82, 2.24) is 5.32 Å². The van der Waals surface area contributed by atoms with Crippen molar-refractivity contribution < 1.29 is 17.9 Å². The lowest BCUT2D eigenvalue weighted by Crippen LogP contribution is -2.48. The largest absolute Gasteiger partial charge is 0.484 e. The van der Waals surface area contributed by atoms with Crippen LogP contribution in [0, 0.1) is 6.92 Å². The van der Waals surface area contributed by atoms with Crippen molar-refractivity contribution in [3.05, 3.63) is 29.8 Å². The molecule has 1 aliphatic heterocycles. The highest BCUT2D eigenvalue weighted by Gasteiger charge is 2.39. The smallest absolute Gasteiger partial charge is 0.258 e. The predicted octanol–water partition coefficient (Wildman–Crippen LogP) is 1.07. The first-order valence-corrected chi connectivity index (χ1v) is 8.32. The van der Waals surface area contributed by atoms with E-state index in [1.165, 1.54) is 0 Å². The summed E-state index contributed by atoms with van der Waals surface area (Å²) >= 11 is 0. The Morgan fingerprint density at radius 3 is 2.70 bits per heavy atom. The number of hydrogen-bond acceptors (Lipinski definition) is 4. The Morgan fingerprint density at radius 2 is 2.10 bits per heavy atom. The summed E-state index contributed by atoms with van der Waals surface area (Å²) in [5.74, 6) is 0.484. The average Bonchev–Trinajstić information content (AvgIpc) is 2.62. The molecule has 2 rings (SSSR count). The number of para-hydroxylation sites is 1. The van der Waals surface area contributed by atoms with Crippen LogP contribution in [0.1, 0.15) is 18.9 Å². The van der Waals surface area contributed by atoms with Gasteiger partial charge in [-0.15, -0.1) is 0 Å². The van der Waals surface area contributed by atoms with Crippen molar-refractivity contribution >= 4 is 15.7 Å². The zero-order valence-electron chi connectivity index (χ0n) is 11.7. The third-order valence-electron chi connectivity index (χ3n) is 3.40. The minimum atomic E-state index is -3.03. The molecule has 0 bridgehead atoms. The molecule has 1 heterocycles. The van der Waals surface area contributed by atoms with Crippen LogP contribution in [-0.4, -0.2) is 38.0 Å². The van der Waals surface area contributed by atoms with E-state index in [0.29, 0.717) is 12.2 Å². The Morgan fingerprint density at radius 1 is 1.40 bits per heavy atom. The monoisotopic (exact) mass is 297 g/mol. The lowest BCUT2D eigenvalue weighted by molar-refractivity contribution is -0.124. The van der Waals surface area contributed by atoms with Gasteiger partial charge in [0.1, 0.15) is 5.75 Å². The third-order valence-corrected chi connectivity index (χ3v) is 5.30. The molecule has 1 aromatic rings. The maximum atomic E-state index is 11.9. The van der Waals surface area contributed by atoms with E-state index < -0.39 is 15.4 Å². The molecule has 0 saturated carbocycles. The Labute approximate surface area is 119 Å². The van der Waals surface area contributed by atoms with E-state index in [-0.39, 0.29) is 24.0 Å². The average molecular weight is 297 g/mol. The SMILES string of the molecule is Cc1ccccc1OCC(=O)N[C@]1(C)CCS(=O)(=O)C1. The van der Waals surface area contributed by atoms with Gasteiger partial charge in [-0.25, -0.2) is 8.42 Å². The van der Waals surface area contributed by atoms with E-state index in [4.69, 9.17) is 4.74 Å². The first-order valence-electron chi connectivity index (χ1n) is 6.50. The number of carbonyl (C=O) groups is 1. The zero-order chi connectivity index (χ0) is 14.8. The molecule has 0 spiro atoms. The summed E-state index contributed by atoms with van der Waals surface area (Å²) in [5.41, 5.74) is 0.278. The van der Waals surface area contributed by atoms with Gasteiger partial charge in [0.15, 0.2) is 16.4 Å². The fourth-order valence-corrected chi connectivity index (χ4v) is 4.44. The highest BCUT2D eigenvalue weighted by Crippen LogP contribution is 2.22. The van der Waals surface area contributed by atoms with Gasteiger partial charge >= 0.3 is 0 Å². The van der Waals surface area contributed by atoms with Crippen molar-refractivity contribution in [3.63, 3.8) is 0 Å². The molecule has 0 aromatic heterocycles. The van der Waals surface area contributed by atoms with Crippen LogP contribution in [0.3, 0.4) is 0 Å². The molecule has 1 saturated heterocycles. The summed E-state index contributed by atoms with van der Waals surface area (Å²) in [5, 5.41) is 2.76. The van der Waals surface area contributed by atoms with E-state index >= 15 is 0 Å². The summed E-state index contributed by atoms with van der Waals surface area (Å²) in [6, 6.07) is 7.43. The first kappa shape index (κ1) is 14.8. The Bertz CT molecular complexity index is 611. The van der Waals surface area contributed by atoms with Gasteiger partial charge in [-0.1, -0.05) is 18.2 Å². The molecule has 1 N–H and O–H groups in total. The first-order chi connectivity index (χ1) is 9.30. The zero-order valence-corrected chi connectivity index (χ0v) is 12.5. The number of aryl methyl sites for hydroxylation is 1. The number of ether oxygens (including phenoxy) is 1. The minimum Gasteiger partial charge on any atom is -0.484 e. The molecule has 0 aliphatic carbocycles. The van der Waals surface area contributed by atoms with Crippen LogP contribution < -0.4 is 10.1 Å². The van der Waals surface area contributed by atoms with Gasteiger partial charge in [0, 0.05) is 0 Å². The minimum absolute atomic E-state index is 0.00386. The van der Waals surface area contributed by atoms with Gasteiger partial charge in [0.25, 0.3) is 5.91 Å². The summed E-state index contributed by atoms with van der Waals surface area (Å²) < 4.78 is 28.4. The maximum absolute atomic E-state index is 11.9. The second kappa shape index (κ2) is 5.44. The molecule has 5 nitrogen and oxygen atoms in total. The Hall–Kier alpha value is -1.56. The van der Waals surface area contributed by atoms with Gasteiger partial charge in [0.2, 0.25) is 0 Å². The highest BCUT2D eigenvalue weighted by atomic mass is 32.2. The number of carbonyl (C=O) groups excluding carboxylic acids is 1. The third kappa shape index (κ3) is 3.72. The number of hydrogen-bond donors (Lipinski definition) is 1. The number of sulfone groups is 1. The highest BCUT2D eigenvalue weighted by molar-refractivity contribution is 7.91. The fraction of sp³-hybridized carbons (Fsp3) is 0.500. The molecule has 1 fully saturated rings. The standard InChI is InChI=1S/C14H19NO4S/c1-11-5-3-4-6-12(11)19-9-13(16)15-14(2)7-8-20(17,18)10-14/h3-6H,7-10H2,1-2H3,(H,15,16)/t14-/m1/s1. The molecular weight excluding hydrogens is 278 g/mol. The molecule has 1 aromatic carbocycles. The normalized spacial score (nSPS) is 24.3. The van der Waals surface area contributed by atoms with Crippen LogP contribution in [-0.2, 0) is 14.6 Å². The van der Waals surface area contributed by atoms with Crippen molar-refractivity contribution in [3.8, 4) is 5.75 Å². The predicted molar refractivity (Wildman–Crippen MR) is 76.5 cm³/mol. The molecule has 20 heavy (non-hydrogen) atoms. The van der Waals surface area contributed by atoms with Crippen molar-refractivity contribution in [2.75, 3.05) is 18.1 Å². The summed E-state index contributed by atoms with van der Waals surface area (Å²) in [4.78, 5) is 11.9. The molecule has 110 valence electrons. The van der Waals surface area contributed by atoms with Crippen LogP contribution in [0.4, 0.5) is 0 Å². The van der Waals surface area contributed by atoms with Crippen molar-refractivity contribution in [2.24, 2.45) is 0 Å². The number of amides is 1. The van der Waals surface area contributed by atoms with Crippen LogP contribution in [0.2, 0.25) is 0 Å². The molecule has 1 aliphatic rings. The van der Waals surface area contributed by atoms with Gasteiger partial charge in [-0.2, -0.15) is 0 Å². The van der Waals surface area contributed by atoms with Crippen molar-refractivity contribution in [2.45, 2.75) is 25.8 Å². The molecule has 0 unspecified atom stereocenters. The number of rotatable bonds is 4. The molecule has 0 radical (unpaired) electrons. The van der Waals surface area contributed by atoms with Gasteiger partial charge in [0.05, 0.1) is 17.0 Å². The second-order valence-corrected chi connectivity index (χ2v) is 7.69. The maximum Gasteiger partial charge on any atom is 0.258 e. The molecular formula is C14H19NO4S. The van der Waals surface area contributed by atoms with Crippen LogP contribution >= 0.6 is 0 Å². The van der Waals surface area contributed by atoms with Crippen LogP contribution in [0.15, 0.2) is 24.3 Å². The van der Waals surface area contributed by atoms with E-state index in [1.54, 1.807) is 13.0 Å². The lowest BCUT2D eigenvalue weighted by Gasteiger charge is -2.23. The quantitative estimate of drug-likeness (QED) is 0.902. The van der Waals surface area contributed by atoms with Crippen LogP contribution in [0.25, 0.3) is 0 Å². The van der Waals surface area contributed by atoms with E-state index in [9.17, 15) is 13.2 Å². The van der Waals surface area contributed by atoms with Crippen LogP contribution in [0.5, 0.6) is 5.75 Å². The Kier molecular flexibility index (Phi) is 4.04. The Balaban J connectivity index is 1.89.